The highest BCUT2D eigenvalue weighted by molar-refractivity contribution is 5.94. The number of carbonyl (C=O) groups excluding carboxylic acids is 1. The van der Waals surface area contributed by atoms with Crippen LogP contribution in [-0.4, -0.2) is 23.9 Å². The second kappa shape index (κ2) is 11.1. The van der Waals surface area contributed by atoms with Crippen molar-refractivity contribution in [1.29, 1.82) is 0 Å². The van der Waals surface area contributed by atoms with Gasteiger partial charge in [-0.3, -0.25) is 4.79 Å². The Balaban J connectivity index is 1.75. The molecule has 0 aliphatic heterocycles. The molecule has 0 bridgehead atoms. The van der Waals surface area contributed by atoms with E-state index < -0.39 is 12.8 Å². The topological polar surface area (TPSA) is 87.4 Å². The third-order valence-corrected chi connectivity index (χ3v) is 4.35. The van der Waals surface area contributed by atoms with Gasteiger partial charge < -0.3 is 21.5 Å². The number of nitrogen functional groups attached to an aromatic ring is 1. The van der Waals surface area contributed by atoms with Gasteiger partial charge in [0.1, 0.15) is 18.6 Å². The molecule has 0 spiro atoms. The Bertz CT molecular complexity index is 754. The number of unbranched alkanes of at least 4 members (excludes halogenated alkanes) is 2. The van der Waals surface area contributed by atoms with Crippen molar-refractivity contribution >= 4 is 23.0 Å². The van der Waals surface area contributed by atoms with Gasteiger partial charge in [0.25, 0.3) is 0 Å². The van der Waals surface area contributed by atoms with Crippen molar-refractivity contribution in [3.8, 4) is 5.75 Å². The van der Waals surface area contributed by atoms with Gasteiger partial charge in [0.2, 0.25) is 5.91 Å². The number of phenols is 1. The molecular formula is C21H27F2N3O2. The fourth-order valence-corrected chi connectivity index (χ4v) is 2.72. The van der Waals surface area contributed by atoms with E-state index in [4.69, 9.17) is 5.73 Å². The zero-order chi connectivity index (χ0) is 20.4. The first-order valence-corrected chi connectivity index (χ1v) is 9.39. The number of nitrogens with two attached hydrogens (primary N) is 1. The summed E-state index contributed by atoms with van der Waals surface area (Å²) in [4.78, 5) is 12.0. The maximum Gasteiger partial charge on any atom is 0.224 e. The van der Waals surface area contributed by atoms with Gasteiger partial charge in [-0.15, -0.1) is 0 Å². The predicted octanol–water partition coefficient (Wildman–Crippen LogP) is 4.78. The molecule has 0 aliphatic rings. The highest BCUT2D eigenvalue weighted by Crippen LogP contribution is 2.24. The number of carbonyl (C=O) groups is 1. The molecule has 1 atom stereocenters. The maximum atomic E-state index is 12.8. The molecule has 0 aromatic heterocycles. The Morgan fingerprint density at radius 3 is 2.54 bits per heavy atom. The number of nitrogens with one attached hydrogen (secondary N) is 2. The standard InChI is InChI=1S/C21H27F2N3O2/c22-13-16(23)4-2-1-3-5-21(28)26-20-11-8-17(12-19(20)24)25-14-15-6-9-18(27)10-7-15/h6-12,16,25,27H,1-5,13-14,24H2,(H,26,28). The van der Waals surface area contributed by atoms with Crippen LogP contribution in [0, 0.1) is 0 Å². The zero-order valence-electron chi connectivity index (χ0n) is 15.8. The molecule has 0 radical (unpaired) electrons. The number of amides is 1. The number of anilines is 3. The van der Waals surface area contributed by atoms with Gasteiger partial charge in [0, 0.05) is 18.7 Å². The van der Waals surface area contributed by atoms with E-state index in [9.17, 15) is 18.7 Å². The van der Waals surface area contributed by atoms with E-state index in [0.717, 1.165) is 11.3 Å². The molecule has 5 N–H and O–H groups in total. The number of benzene rings is 2. The van der Waals surface area contributed by atoms with Crippen LogP contribution in [0.25, 0.3) is 0 Å². The summed E-state index contributed by atoms with van der Waals surface area (Å²) in [5.41, 5.74) is 8.84. The van der Waals surface area contributed by atoms with Gasteiger partial charge in [-0.05, 0) is 48.7 Å². The Morgan fingerprint density at radius 2 is 1.86 bits per heavy atom. The Labute approximate surface area is 163 Å². The monoisotopic (exact) mass is 391 g/mol. The molecule has 2 rings (SSSR count). The van der Waals surface area contributed by atoms with Crippen LogP contribution in [0.2, 0.25) is 0 Å². The largest absolute Gasteiger partial charge is 0.508 e. The van der Waals surface area contributed by atoms with E-state index in [1.807, 2.05) is 18.2 Å². The van der Waals surface area contributed by atoms with Gasteiger partial charge >= 0.3 is 0 Å². The minimum absolute atomic E-state index is 0.154. The summed E-state index contributed by atoms with van der Waals surface area (Å²) >= 11 is 0. The minimum atomic E-state index is -1.39. The van der Waals surface area contributed by atoms with Crippen molar-refractivity contribution in [2.45, 2.75) is 44.8 Å². The van der Waals surface area contributed by atoms with Crippen LogP contribution in [0.15, 0.2) is 42.5 Å². The highest BCUT2D eigenvalue weighted by Gasteiger charge is 2.08. The molecule has 2 aromatic carbocycles. The molecule has 0 fully saturated rings. The number of hydrogen-bond donors (Lipinski definition) is 4. The van der Waals surface area contributed by atoms with Crippen LogP contribution >= 0.6 is 0 Å². The van der Waals surface area contributed by atoms with Crippen molar-refractivity contribution in [2.75, 3.05) is 23.0 Å². The van der Waals surface area contributed by atoms with Gasteiger partial charge in [-0.2, -0.15) is 0 Å². The van der Waals surface area contributed by atoms with E-state index in [1.54, 1.807) is 24.3 Å². The maximum absolute atomic E-state index is 12.8. The van der Waals surface area contributed by atoms with E-state index in [-0.39, 0.29) is 18.1 Å². The molecule has 0 saturated heterocycles. The summed E-state index contributed by atoms with van der Waals surface area (Å²) in [5, 5.41) is 15.3. The van der Waals surface area contributed by atoms with Crippen molar-refractivity contribution in [3.05, 3.63) is 48.0 Å². The lowest BCUT2D eigenvalue weighted by molar-refractivity contribution is -0.116. The van der Waals surface area contributed by atoms with Gasteiger partial charge in [0.05, 0.1) is 11.4 Å². The summed E-state index contributed by atoms with van der Waals surface area (Å²) in [6.07, 6.45) is 0.994. The van der Waals surface area contributed by atoms with E-state index in [0.29, 0.717) is 43.6 Å². The molecule has 7 heteroatoms. The summed E-state index contributed by atoms with van der Waals surface area (Å²) in [6, 6.07) is 12.2. The molecule has 28 heavy (non-hydrogen) atoms. The third-order valence-electron chi connectivity index (χ3n) is 4.35. The summed E-state index contributed by atoms with van der Waals surface area (Å²) in [5.74, 6) is 0.0678. The van der Waals surface area contributed by atoms with Crippen molar-refractivity contribution in [3.63, 3.8) is 0 Å². The number of alkyl halides is 2. The van der Waals surface area contributed by atoms with E-state index >= 15 is 0 Å². The molecule has 1 amide bonds. The Morgan fingerprint density at radius 1 is 1.11 bits per heavy atom. The lowest BCUT2D eigenvalue weighted by Gasteiger charge is -2.12. The molecule has 1 unspecified atom stereocenters. The Hall–Kier alpha value is -2.83. The van der Waals surface area contributed by atoms with Gasteiger partial charge in [-0.25, -0.2) is 8.78 Å². The summed E-state index contributed by atoms with van der Waals surface area (Å²) < 4.78 is 24.8. The average molecular weight is 391 g/mol. The van der Waals surface area contributed by atoms with E-state index in [1.165, 1.54) is 0 Å². The molecule has 152 valence electrons. The quantitative estimate of drug-likeness (QED) is 0.328. The fraction of sp³-hybridized carbons (Fsp3) is 0.381. The van der Waals surface area contributed by atoms with Crippen LogP contribution in [0.5, 0.6) is 5.75 Å². The number of halogens is 2. The fourth-order valence-electron chi connectivity index (χ4n) is 2.72. The van der Waals surface area contributed by atoms with E-state index in [2.05, 4.69) is 10.6 Å². The lowest BCUT2D eigenvalue weighted by atomic mass is 10.1. The normalized spacial score (nSPS) is 11.8. The SMILES string of the molecule is Nc1cc(NCc2ccc(O)cc2)ccc1NC(=O)CCCCCC(F)CF. The second-order valence-corrected chi connectivity index (χ2v) is 6.72. The second-order valence-electron chi connectivity index (χ2n) is 6.72. The first-order chi connectivity index (χ1) is 13.5. The molecular weight excluding hydrogens is 364 g/mol. The number of rotatable bonds is 11. The van der Waals surface area contributed by atoms with Gasteiger partial charge in [-0.1, -0.05) is 25.0 Å². The summed E-state index contributed by atoms with van der Waals surface area (Å²) in [6.45, 7) is -0.368. The van der Waals surface area contributed by atoms with Crippen molar-refractivity contribution in [1.82, 2.24) is 0 Å². The minimum Gasteiger partial charge on any atom is -0.508 e. The predicted molar refractivity (Wildman–Crippen MR) is 109 cm³/mol. The number of aromatic hydroxyl groups is 1. The average Bonchev–Trinajstić information content (AvgIpc) is 2.69. The van der Waals surface area contributed by atoms with Crippen LogP contribution in [0.3, 0.4) is 0 Å². The number of phenolic OH excluding ortho intramolecular Hbond substituents is 1. The zero-order valence-corrected chi connectivity index (χ0v) is 15.8. The number of hydrogen-bond acceptors (Lipinski definition) is 4. The van der Waals surface area contributed by atoms with Crippen molar-refractivity contribution in [2.24, 2.45) is 0 Å². The first-order valence-electron chi connectivity index (χ1n) is 9.39. The molecule has 2 aromatic rings. The first kappa shape index (κ1) is 21.5. The molecule has 0 aliphatic carbocycles. The molecule has 0 saturated carbocycles. The summed E-state index contributed by atoms with van der Waals surface area (Å²) in [7, 11) is 0. The van der Waals surface area contributed by atoms with Crippen LogP contribution < -0.4 is 16.4 Å². The van der Waals surface area contributed by atoms with Crippen LogP contribution in [0.4, 0.5) is 25.8 Å². The smallest absolute Gasteiger partial charge is 0.224 e. The highest BCUT2D eigenvalue weighted by atomic mass is 19.2. The van der Waals surface area contributed by atoms with Crippen molar-refractivity contribution < 1.29 is 18.7 Å². The molecule has 0 heterocycles. The third kappa shape index (κ3) is 7.42. The molecule has 5 nitrogen and oxygen atoms in total. The lowest BCUT2D eigenvalue weighted by Crippen LogP contribution is -2.13. The van der Waals surface area contributed by atoms with Gasteiger partial charge in [0.15, 0.2) is 0 Å². The van der Waals surface area contributed by atoms with Crippen LogP contribution in [-0.2, 0) is 11.3 Å². The van der Waals surface area contributed by atoms with Crippen LogP contribution in [0.1, 0.15) is 37.7 Å². The Kier molecular flexibility index (Phi) is 8.52.